The Labute approximate surface area is 127 Å². The maximum Gasteiger partial charge on any atom is 0.410 e. The van der Waals surface area contributed by atoms with E-state index in [9.17, 15) is 9.59 Å². The van der Waals surface area contributed by atoms with Crippen LogP contribution in [0.4, 0.5) is 4.79 Å². The number of ether oxygens (including phenoxy) is 1. The highest BCUT2D eigenvalue weighted by atomic mass is 16.6. The highest BCUT2D eigenvalue weighted by Gasteiger charge is 2.24. The van der Waals surface area contributed by atoms with Crippen LogP contribution in [0.5, 0.6) is 0 Å². The van der Waals surface area contributed by atoms with Gasteiger partial charge in [0.05, 0.1) is 0 Å². The van der Waals surface area contributed by atoms with E-state index < -0.39 is 11.7 Å². The van der Waals surface area contributed by atoms with Gasteiger partial charge in [-0.15, -0.1) is 0 Å². The second-order valence-corrected chi connectivity index (χ2v) is 6.57. The molecule has 1 aliphatic rings. The first-order valence-electron chi connectivity index (χ1n) is 7.67. The zero-order valence-corrected chi connectivity index (χ0v) is 13.9. The Morgan fingerprint density at radius 3 is 2.62 bits per heavy atom. The van der Waals surface area contributed by atoms with Gasteiger partial charge in [0, 0.05) is 19.6 Å². The van der Waals surface area contributed by atoms with Crippen LogP contribution in [-0.2, 0) is 9.53 Å². The fraction of sp³-hybridized carbons (Fsp3) is 0.867. The zero-order valence-electron chi connectivity index (χ0n) is 13.9. The third-order valence-corrected chi connectivity index (χ3v) is 3.53. The van der Waals surface area contributed by atoms with Gasteiger partial charge in [-0.1, -0.05) is 6.92 Å². The molecule has 2 amide bonds. The molecular formula is C15H29N3O3. The van der Waals surface area contributed by atoms with E-state index in [0.717, 1.165) is 19.5 Å². The molecule has 21 heavy (non-hydrogen) atoms. The van der Waals surface area contributed by atoms with Gasteiger partial charge < -0.3 is 15.0 Å². The summed E-state index contributed by atoms with van der Waals surface area (Å²) < 4.78 is 5.21. The Morgan fingerprint density at radius 1 is 1.38 bits per heavy atom. The highest BCUT2D eigenvalue weighted by molar-refractivity contribution is 5.82. The normalized spacial score (nSPS) is 19.4. The summed E-state index contributed by atoms with van der Waals surface area (Å²) >= 11 is 0. The summed E-state index contributed by atoms with van der Waals surface area (Å²) in [6, 6.07) is 0.422. The molecule has 0 aromatic rings. The van der Waals surface area contributed by atoms with Gasteiger partial charge in [-0.25, -0.2) is 4.79 Å². The van der Waals surface area contributed by atoms with Gasteiger partial charge >= 0.3 is 6.09 Å². The Hall–Kier alpha value is -1.30. The molecule has 1 heterocycles. The number of likely N-dealkylation sites (N-methyl/N-ethyl adjacent to an activating group) is 2. The maximum absolute atomic E-state index is 11.9. The lowest BCUT2D eigenvalue weighted by Gasteiger charge is -2.25. The first kappa shape index (κ1) is 17.8. The van der Waals surface area contributed by atoms with Crippen molar-refractivity contribution in [3.8, 4) is 0 Å². The number of nitrogens with one attached hydrogen (secondary N) is 1. The van der Waals surface area contributed by atoms with E-state index in [1.807, 2.05) is 0 Å². The summed E-state index contributed by atoms with van der Waals surface area (Å²) in [5.74, 6) is -0.147. The average molecular weight is 299 g/mol. The van der Waals surface area contributed by atoms with Crippen LogP contribution in [0.15, 0.2) is 0 Å². The molecule has 0 aromatic carbocycles. The number of carbonyl (C=O) groups is 2. The minimum atomic E-state index is -0.548. The molecule has 0 aromatic heterocycles. The van der Waals surface area contributed by atoms with Crippen molar-refractivity contribution in [1.82, 2.24) is 15.1 Å². The smallest absolute Gasteiger partial charge is 0.410 e. The van der Waals surface area contributed by atoms with Crippen LogP contribution in [0.2, 0.25) is 0 Å². The number of hydrogen-bond acceptors (Lipinski definition) is 4. The molecular weight excluding hydrogens is 270 g/mol. The molecule has 1 rings (SSSR count). The number of amides is 2. The van der Waals surface area contributed by atoms with E-state index in [1.165, 1.54) is 11.3 Å². The number of nitrogens with zero attached hydrogens (tertiary/aromatic N) is 2. The Morgan fingerprint density at radius 2 is 2.05 bits per heavy atom. The molecule has 0 spiro atoms. The predicted octanol–water partition coefficient (Wildman–Crippen LogP) is 1.45. The fourth-order valence-corrected chi connectivity index (χ4v) is 2.45. The van der Waals surface area contributed by atoms with Crippen LogP contribution in [0, 0.1) is 0 Å². The summed E-state index contributed by atoms with van der Waals surface area (Å²) in [7, 11) is 1.57. The van der Waals surface area contributed by atoms with E-state index in [-0.39, 0.29) is 12.5 Å². The number of rotatable bonds is 5. The van der Waals surface area contributed by atoms with Gasteiger partial charge in [0.2, 0.25) is 5.91 Å². The molecule has 1 aliphatic heterocycles. The van der Waals surface area contributed by atoms with Crippen molar-refractivity contribution in [3.05, 3.63) is 0 Å². The molecule has 0 aliphatic carbocycles. The van der Waals surface area contributed by atoms with Crippen molar-refractivity contribution in [1.29, 1.82) is 0 Å². The summed E-state index contributed by atoms with van der Waals surface area (Å²) in [5, 5.41) is 2.91. The Balaban J connectivity index is 2.31. The SMILES string of the molecule is CCN1CCCC1CNC(=O)CN(C)C(=O)OC(C)(C)C. The maximum atomic E-state index is 11.9. The molecule has 1 fully saturated rings. The van der Waals surface area contributed by atoms with Crippen molar-refractivity contribution in [3.63, 3.8) is 0 Å². The van der Waals surface area contributed by atoms with Crippen molar-refractivity contribution >= 4 is 12.0 Å². The van der Waals surface area contributed by atoms with Gasteiger partial charge in [0.1, 0.15) is 12.1 Å². The van der Waals surface area contributed by atoms with Gasteiger partial charge in [-0.3, -0.25) is 9.69 Å². The summed E-state index contributed by atoms with van der Waals surface area (Å²) in [6.45, 7) is 10.3. The van der Waals surface area contributed by atoms with Gasteiger partial charge in [0.15, 0.2) is 0 Å². The Kier molecular flexibility index (Phi) is 6.45. The van der Waals surface area contributed by atoms with Crippen LogP contribution in [0.25, 0.3) is 0 Å². The van der Waals surface area contributed by atoms with Gasteiger partial charge in [-0.05, 0) is 46.7 Å². The lowest BCUT2D eigenvalue weighted by atomic mass is 10.2. The van der Waals surface area contributed by atoms with E-state index in [0.29, 0.717) is 12.6 Å². The van der Waals surface area contributed by atoms with Crippen molar-refractivity contribution in [2.24, 2.45) is 0 Å². The average Bonchev–Trinajstić information content (AvgIpc) is 2.81. The highest BCUT2D eigenvalue weighted by Crippen LogP contribution is 2.15. The number of carbonyl (C=O) groups excluding carboxylic acids is 2. The van der Waals surface area contributed by atoms with Crippen LogP contribution in [-0.4, -0.2) is 66.7 Å². The molecule has 1 saturated heterocycles. The van der Waals surface area contributed by atoms with Crippen LogP contribution < -0.4 is 5.32 Å². The monoisotopic (exact) mass is 299 g/mol. The quantitative estimate of drug-likeness (QED) is 0.835. The minimum Gasteiger partial charge on any atom is -0.444 e. The number of likely N-dealkylation sites (tertiary alicyclic amines) is 1. The fourth-order valence-electron chi connectivity index (χ4n) is 2.45. The molecule has 0 radical (unpaired) electrons. The lowest BCUT2D eigenvalue weighted by Crippen LogP contribution is -2.45. The second-order valence-electron chi connectivity index (χ2n) is 6.57. The molecule has 6 nitrogen and oxygen atoms in total. The molecule has 0 saturated carbocycles. The summed E-state index contributed by atoms with van der Waals surface area (Å²) in [5.41, 5.74) is -0.548. The predicted molar refractivity (Wildman–Crippen MR) is 82.1 cm³/mol. The topological polar surface area (TPSA) is 61.9 Å². The summed E-state index contributed by atoms with van der Waals surface area (Å²) in [6.07, 6.45) is 1.83. The van der Waals surface area contributed by atoms with Gasteiger partial charge in [-0.2, -0.15) is 0 Å². The third kappa shape index (κ3) is 6.33. The van der Waals surface area contributed by atoms with Crippen molar-refractivity contribution in [2.45, 2.75) is 52.2 Å². The van der Waals surface area contributed by atoms with Crippen LogP contribution >= 0.6 is 0 Å². The first-order chi connectivity index (χ1) is 9.73. The summed E-state index contributed by atoms with van der Waals surface area (Å²) in [4.78, 5) is 27.3. The lowest BCUT2D eigenvalue weighted by molar-refractivity contribution is -0.122. The van der Waals surface area contributed by atoms with E-state index in [2.05, 4.69) is 17.1 Å². The molecule has 0 bridgehead atoms. The molecule has 1 N–H and O–H groups in total. The largest absolute Gasteiger partial charge is 0.444 e. The zero-order chi connectivity index (χ0) is 16.0. The van der Waals surface area contributed by atoms with Crippen molar-refractivity contribution < 1.29 is 14.3 Å². The van der Waals surface area contributed by atoms with Crippen LogP contribution in [0.1, 0.15) is 40.5 Å². The molecule has 122 valence electrons. The standard InChI is InChI=1S/C15H29N3O3/c1-6-18-9-7-8-12(18)10-16-13(19)11-17(5)14(20)21-15(2,3)4/h12H,6-11H2,1-5H3,(H,16,19). The first-order valence-corrected chi connectivity index (χ1v) is 7.67. The van der Waals surface area contributed by atoms with Crippen molar-refractivity contribution in [2.75, 3.05) is 33.2 Å². The van der Waals surface area contributed by atoms with E-state index >= 15 is 0 Å². The number of hydrogen-bond donors (Lipinski definition) is 1. The molecule has 6 heteroatoms. The van der Waals surface area contributed by atoms with E-state index in [1.54, 1.807) is 27.8 Å². The van der Waals surface area contributed by atoms with Gasteiger partial charge in [0.25, 0.3) is 0 Å². The van der Waals surface area contributed by atoms with E-state index in [4.69, 9.17) is 4.74 Å². The Bertz CT molecular complexity index is 366. The van der Waals surface area contributed by atoms with Crippen LogP contribution in [0.3, 0.4) is 0 Å². The molecule has 1 atom stereocenters. The second kappa shape index (κ2) is 7.64. The molecule has 1 unspecified atom stereocenters. The minimum absolute atomic E-state index is 0.0216. The third-order valence-electron chi connectivity index (χ3n) is 3.53.